The van der Waals surface area contributed by atoms with Crippen LogP contribution in [0.1, 0.15) is 19.0 Å². The summed E-state index contributed by atoms with van der Waals surface area (Å²) in [6.45, 7) is 3.10. The molecule has 2 aromatic rings. The van der Waals surface area contributed by atoms with Gasteiger partial charge in [-0.25, -0.2) is 4.98 Å². The van der Waals surface area contributed by atoms with Gasteiger partial charge in [0.15, 0.2) is 8.68 Å². The maximum atomic E-state index is 4.57. The number of anilines is 1. The Balaban J connectivity index is 1.91. The molecule has 0 aliphatic heterocycles. The number of thioether (sulfide) groups is 2. The Morgan fingerprint density at radius 3 is 2.84 bits per heavy atom. The first-order valence-electron chi connectivity index (χ1n) is 6.02. The molecule has 0 aliphatic rings. The Hall–Kier alpha value is -0.790. The summed E-state index contributed by atoms with van der Waals surface area (Å²) in [7, 11) is 0. The van der Waals surface area contributed by atoms with Crippen LogP contribution in [0.25, 0.3) is 0 Å². The molecular weight excluding hydrogens is 296 g/mol. The zero-order chi connectivity index (χ0) is 13.5. The summed E-state index contributed by atoms with van der Waals surface area (Å²) in [5.74, 6) is 1.77. The number of pyridine rings is 1. The molecule has 0 fully saturated rings. The molecule has 0 saturated carbocycles. The minimum absolute atomic E-state index is 0.824. The molecule has 2 heterocycles. The largest absolute Gasteiger partial charge is 0.370 e. The minimum atomic E-state index is 0.824. The Bertz CT molecular complexity index is 515. The van der Waals surface area contributed by atoms with Crippen molar-refractivity contribution in [2.75, 3.05) is 18.1 Å². The lowest BCUT2D eigenvalue weighted by Crippen LogP contribution is -2.02. The van der Waals surface area contributed by atoms with E-state index in [1.54, 1.807) is 34.9 Å². The molecule has 2 aromatic heterocycles. The molecule has 0 bridgehead atoms. The summed E-state index contributed by atoms with van der Waals surface area (Å²) in [6, 6.07) is 6.08. The molecule has 0 amide bonds. The van der Waals surface area contributed by atoms with Gasteiger partial charge in [-0.1, -0.05) is 47.9 Å². The summed E-state index contributed by atoms with van der Waals surface area (Å²) in [4.78, 5) is 4.57. The van der Waals surface area contributed by atoms with Crippen LogP contribution in [0.2, 0.25) is 0 Å². The maximum absolute atomic E-state index is 4.57. The van der Waals surface area contributed by atoms with E-state index in [1.807, 2.05) is 24.5 Å². The van der Waals surface area contributed by atoms with E-state index in [9.17, 15) is 0 Å². The van der Waals surface area contributed by atoms with Gasteiger partial charge < -0.3 is 5.32 Å². The third-order valence-electron chi connectivity index (χ3n) is 2.27. The van der Waals surface area contributed by atoms with Crippen molar-refractivity contribution >= 4 is 40.7 Å². The van der Waals surface area contributed by atoms with Crippen LogP contribution in [-0.2, 0) is 5.75 Å². The van der Waals surface area contributed by atoms with Crippen LogP contribution in [0, 0.1) is 0 Å². The van der Waals surface area contributed by atoms with E-state index in [0.717, 1.165) is 38.9 Å². The van der Waals surface area contributed by atoms with Crippen LogP contribution < -0.4 is 5.32 Å². The zero-order valence-corrected chi connectivity index (χ0v) is 13.4. The minimum Gasteiger partial charge on any atom is -0.370 e. The van der Waals surface area contributed by atoms with Crippen LogP contribution >= 0.6 is 34.9 Å². The van der Waals surface area contributed by atoms with Crippen LogP contribution in [0.3, 0.4) is 0 Å². The van der Waals surface area contributed by atoms with Gasteiger partial charge in [-0.05, 0) is 24.8 Å². The van der Waals surface area contributed by atoms with E-state index in [0.29, 0.717) is 0 Å². The molecule has 19 heavy (non-hydrogen) atoms. The fraction of sp³-hybridized carbons (Fsp3) is 0.417. The van der Waals surface area contributed by atoms with Gasteiger partial charge in [0.25, 0.3) is 0 Å². The number of aromatic nitrogens is 3. The van der Waals surface area contributed by atoms with Crippen molar-refractivity contribution < 1.29 is 0 Å². The highest BCUT2D eigenvalue weighted by Crippen LogP contribution is 2.29. The van der Waals surface area contributed by atoms with Crippen LogP contribution in [-0.4, -0.2) is 28.0 Å². The molecule has 0 atom stereocenters. The maximum Gasteiger partial charge on any atom is 0.175 e. The molecule has 102 valence electrons. The second kappa shape index (κ2) is 7.72. The van der Waals surface area contributed by atoms with Crippen molar-refractivity contribution in [3.05, 3.63) is 23.9 Å². The van der Waals surface area contributed by atoms with Crippen molar-refractivity contribution in [1.82, 2.24) is 15.2 Å². The van der Waals surface area contributed by atoms with Gasteiger partial charge in [-0.3, -0.25) is 0 Å². The predicted molar refractivity (Wildman–Crippen MR) is 84.3 cm³/mol. The van der Waals surface area contributed by atoms with Crippen LogP contribution in [0.15, 0.2) is 26.9 Å². The first-order valence-corrected chi connectivity index (χ1v) is 9.04. The molecule has 1 N–H and O–H groups in total. The first kappa shape index (κ1) is 14.6. The molecule has 2 rings (SSSR count). The third-order valence-corrected chi connectivity index (χ3v) is 5.33. The van der Waals surface area contributed by atoms with E-state index in [-0.39, 0.29) is 0 Å². The van der Waals surface area contributed by atoms with E-state index < -0.39 is 0 Å². The van der Waals surface area contributed by atoms with Gasteiger partial charge in [0.2, 0.25) is 0 Å². The van der Waals surface area contributed by atoms with Crippen molar-refractivity contribution in [2.24, 2.45) is 0 Å². The standard InChI is InChI=1S/C12H16N4S3/c1-3-7-13-10-6-4-5-9(14-10)8-18-12-16-15-11(17-2)19-12/h4-6H,3,7-8H2,1-2H3,(H,13,14). The van der Waals surface area contributed by atoms with Gasteiger partial charge >= 0.3 is 0 Å². The molecule has 0 unspecified atom stereocenters. The highest BCUT2D eigenvalue weighted by molar-refractivity contribution is 8.02. The Kier molecular flexibility index (Phi) is 5.93. The summed E-state index contributed by atoms with van der Waals surface area (Å²) < 4.78 is 2.01. The monoisotopic (exact) mass is 312 g/mol. The first-order chi connectivity index (χ1) is 9.31. The summed E-state index contributed by atoms with van der Waals surface area (Å²) in [5.41, 5.74) is 1.06. The topological polar surface area (TPSA) is 50.7 Å². The Morgan fingerprint density at radius 2 is 2.11 bits per heavy atom. The predicted octanol–water partition coefficient (Wildman–Crippen LogP) is 3.77. The average molecular weight is 312 g/mol. The Morgan fingerprint density at radius 1 is 1.26 bits per heavy atom. The van der Waals surface area contributed by atoms with Crippen LogP contribution in [0.4, 0.5) is 5.82 Å². The lowest BCUT2D eigenvalue weighted by molar-refractivity contribution is 0.954. The number of hydrogen-bond donors (Lipinski definition) is 1. The molecule has 0 saturated heterocycles. The number of hydrogen-bond acceptors (Lipinski definition) is 7. The second-order valence-electron chi connectivity index (χ2n) is 3.77. The summed E-state index contributed by atoms with van der Waals surface area (Å²) >= 11 is 4.94. The normalized spacial score (nSPS) is 10.6. The van der Waals surface area contributed by atoms with Gasteiger partial charge in [-0.2, -0.15) is 0 Å². The number of nitrogens with one attached hydrogen (secondary N) is 1. The van der Waals surface area contributed by atoms with Crippen molar-refractivity contribution in [1.29, 1.82) is 0 Å². The van der Waals surface area contributed by atoms with Gasteiger partial charge in [0, 0.05) is 12.3 Å². The second-order valence-corrected chi connectivity index (χ2v) is 7.02. The molecule has 0 aromatic carbocycles. The fourth-order valence-electron chi connectivity index (χ4n) is 1.39. The average Bonchev–Trinajstić information content (AvgIpc) is 2.91. The van der Waals surface area contributed by atoms with Crippen molar-refractivity contribution in [3.63, 3.8) is 0 Å². The molecule has 0 aliphatic carbocycles. The smallest absolute Gasteiger partial charge is 0.175 e. The zero-order valence-electron chi connectivity index (χ0n) is 10.9. The highest BCUT2D eigenvalue weighted by Gasteiger charge is 2.05. The van der Waals surface area contributed by atoms with Gasteiger partial charge in [0.1, 0.15) is 5.82 Å². The number of nitrogens with zero attached hydrogens (tertiary/aromatic N) is 3. The molecule has 4 nitrogen and oxygen atoms in total. The SMILES string of the molecule is CCCNc1cccc(CSc2nnc(SC)s2)n1. The van der Waals surface area contributed by atoms with E-state index >= 15 is 0 Å². The molecule has 0 spiro atoms. The molecular formula is C12H16N4S3. The fourth-order valence-corrected chi connectivity index (χ4v) is 3.73. The highest BCUT2D eigenvalue weighted by atomic mass is 32.2. The quantitative estimate of drug-likeness (QED) is 0.785. The number of rotatable bonds is 7. The van der Waals surface area contributed by atoms with Gasteiger partial charge in [0.05, 0.1) is 5.69 Å². The van der Waals surface area contributed by atoms with Crippen LogP contribution in [0.5, 0.6) is 0 Å². The van der Waals surface area contributed by atoms with Gasteiger partial charge in [-0.15, -0.1) is 10.2 Å². The molecule has 7 heteroatoms. The summed E-state index contributed by atoms with van der Waals surface area (Å²) in [6.07, 6.45) is 3.11. The lowest BCUT2D eigenvalue weighted by Gasteiger charge is -2.05. The summed E-state index contributed by atoms with van der Waals surface area (Å²) in [5, 5.41) is 11.5. The van der Waals surface area contributed by atoms with E-state index in [2.05, 4.69) is 27.4 Å². The third kappa shape index (κ3) is 4.67. The Labute approximate surface area is 125 Å². The van der Waals surface area contributed by atoms with E-state index in [4.69, 9.17) is 0 Å². The molecule has 0 radical (unpaired) electrons. The van der Waals surface area contributed by atoms with Crippen molar-refractivity contribution in [2.45, 2.75) is 27.8 Å². The van der Waals surface area contributed by atoms with E-state index in [1.165, 1.54) is 0 Å². The lowest BCUT2D eigenvalue weighted by atomic mass is 10.3. The van der Waals surface area contributed by atoms with Crippen molar-refractivity contribution in [3.8, 4) is 0 Å².